The van der Waals surface area contributed by atoms with Crippen molar-refractivity contribution in [1.29, 1.82) is 0 Å². The number of hydrogen-bond donors (Lipinski definition) is 2. The van der Waals surface area contributed by atoms with Gasteiger partial charge in [0.15, 0.2) is 0 Å². The zero-order chi connectivity index (χ0) is 13.3. The minimum Gasteiger partial charge on any atom is -0.465 e. The van der Waals surface area contributed by atoms with Crippen LogP contribution in [0, 0.1) is 5.82 Å². The van der Waals surface area contributed by atoms with Crippen molar-refractivity contribution in [3.63, 3.8) is 0 Å². The van der Waals surface area contributed by atoms with Crippen LogP contribution < -0.4 is 5.73 Å². The standard InChI is InChI=1S/C12H14ClFN2O2/c13-9-5-7(1-2-10(9)14)8-6-16(12(17)18)4-3-11(8)15/h1-2,5,8,11H,3-4,6,15H2,(H,17,18)/t8-,11+/m0/s1. The molecule has 1 aromatic rings. The van der Waals surface area contributed by atoms with Crippen LogP contribution in [-0.2, 0) is 0 Å². The molecule has 0 unspecified atom stereocenters. The molecule has 0 spiro atoms. The van der Waals surface area contributed by atoms with Crippen LogP contribution in [0.3, 0.4) is 0 Å². The first kappa shape index (κ1) is 13.1. The summed E-state index contributed by atoms with van der Waals surface area (Å²) in [6, 6.07) is 4.27. The van der Waals surface area contributed by atoms with Crippen molar-refractivity contribution in [1.82, 2.24) is 4.90 Å². The van der Waals surface area contributed by atoms with Gasteiger partial charge in [0.1, 0.15) is 5.82 Å². The van der Waals surface area contributed by atoms with Gasteiger partial charge in [-0.15, -0.1) is 0 Å². The highest BCUT2D eigenvalue weighted by atomic mass is 35.5. The zero-order valence-corrected chi connectivity index (χ0v) is 10.4. The first-order chi connectivity index (χ1) is 8.49. The van der Waals surface area contributed by atoms with Crippen LogP contribution >= 0.6 is 11.6 Å². The van der Waals surface area contributed by atoms with E-state index in [4.69, 9.17) is 22.4 Å². The molecule has 3 N–H and O–H groups in total. The van der Waals surface area contributed by atoms with Gasteiger partial charge in [-0.1, -0.05) is 17.7 Å². The predicted octanol–water partition coefficient (Wildman–Crippen LogP) is 2.27. The first-order valence-corrected chi connectivity index (χ1v) is 6.05. The minimum atomic E-state index is -0.958. The summed E-state index contributed by atoms with van der Waals surface area (Å²) >= 11 is 5.73. The maximum Gasteiger partial charge on any atom is 0.407 e. The van der Waals surface area contributed by atoms with Crippen LogP contribution in [0.4, 0.5) is 9.18 Å². The van der Waals surface area contributed by atoms with Gasteiger partial charge in [0.2, 0.25) is 0 Å². The number of carbonyl (C=O) groups is 1. The van der Waals surface area contributed by atoms with Crippen molar-refractivity contribution in [3.05, 3.63) is 34.6 Å². The summed E-state index contributed by atoms with van der Waals surface area (Å²) < 4.78 is 13.1. The summed E-state index contributed by atoms with van der Waals surface area (Å²) in [4.78, 5) is 12.3. The molecule has 1 aliphatic rings. The number of rotatable bonds is 1. The molecule has 1 saturated heterocycles. The van der Waals surface area contributed by atoms with Crippen molar-refractivity contribution in [3.8, 4) is 0 Å². The lowest BCUT2D eigenvalue weighted by Gasteiger charge is -2.35. The molecule has 6 heteroatoms. The van der Waals surface area contributed by atoms with Gasteiger partial charge in [0, 0.05) is 25.0 Å². The molecular formula is C12H14ClFN2O2. The highest BCUT2D eigenvalue weighted by Crippen LogP contribution is 2.29. The largest absolute Gasteiger partial charge is 0.465 e. The van der Waals surface area contributed by atoms with Crippen molar-refractivity contribution in [2.24, 2.45) is 5.73 Å². The van der Waals surface area contributed by atoms with E-state index in [-0.39, 0.29) is 17.0 Å². The van der Waals surface area contributed by atoms with Crippen LogP contribution in [0.1, 0.15) is 17.9 Å². The van der Waals surface area contributed by atoms with Gasteiger partial charge < -0.3 is 15.7 Å². The Kier molecular flexibility index (Phi) is 3.73. The van der Waals surface area contributed by atoms with Gasteiger partial charge >= 0.3 is 6.09 Å². The Hall–Kier alpha value is -1.33. The number of hydrogen-bond acceptors (Lipinski definition) is 2. The first-order valence-electron chi connectivity index (χ1n) is 5.67. The average molecular weight is 273 g/mol. The van der Waals surface area contributed by atoms with Gasteiger partial charge in [-0.3, -0.25) is 0 Å². The molecule has 98 valence electrons. The highest BCUT2D eigenvalue weighted by Gasteiger charge is 2.30. The lowest BCUT2D eigenvalue weighted by atomic mass is 9.87. The number of piperidine rings is 1. The Morgan fingerprint density at radius 3 is 2.89 bits per heavy atom. The second-order valence-electron chi connectivity index (χ2n) is 4.46. The van der Waals surface area contributed by atoms with Crippen molar-refractivity contribution < 1.29 is 14.3 Å². The molecule has 0 saturated carbocycles. The van der Waals surface area contributed by atoms with E-state index in [9.17, 15) is 9.18 Å². The second kappa shape index (κ2) is 5.12. The lowest BCUT2D eigenvalue weighted by molar-refractivity contribution is 0.126. The van der Waals surface area contributed by atoms with E-state index in [1.54, 1.807) is 6.07 Å². The molecule has 1 amide bonds. The lowest BCUT2D eigenvalue weighted by Crippen LogP contribution is -2.47. The number of nitrogens with zero attached hydrogens (tertiary/aromatic N) is 1. The maximum atomic E-state index is 13.1. The molecular weight excluding hydrogens is 259 g/mol. The Balaban J connectivity index is 2.24. The van der Waals surface area contributed by atoms with E-state index in [1.807, 2.05) is 0 Å². The second-order valence-corrected chi connectivity index (χ2v) is 4.87. The van der Waals surface area contributed by atoms with Gasteiger partial charge in [-0.25, -0.2) is 9.18 Å². The Morgan fingerprint density at radius 1 is 1.56 bits per heavy atom. The number of likely N-dealkylation sites (tertiary alicyclic amines) is 1. The number of carboxylic acid groups (broad SMARTS) is 1. The summed E-state index contributed by atoms with van der Waals surface area (Å²) in [7, 11) is 0. The van der Waals surface area contributed by atoms with Crippen molar-refractivity contribution >= 4 is 17.7 Å². The monoisotopic (exact) mass is 272 g/mol. The van der Waals surface area contributed by atoms with Gasteiger partial charge in [0.25, 0.3) is 0 Å². The van der Waals surface area contributed by atoms with Crippen molar-refractivity contribution in [2.45, 2.75) is 18.4 Å². The van der Waals surface area contributed by atoms with Gasteiger partial charge in [-0.05, 0) is 24.1 Å². The number of halogens is 2. The van der Waals surface area contributed by atoms with E-state index in [0.29, 0.717) is 19.5 Å². The molecule has 0 radical (unpaired) electrons. The third kappa shape index (κ3) is 2.57. The maximum absolute atomic E-state index is 13.1. The topological polar surface area (TPSA) is 66.6 Å². The molecule has 1 aromatic carbocycles. The summed E-state index contributed by atoms with van der Waals surface area (Å²) in [5.74, 6) is -0.632. The molecule has 1 heterocycles. The average Bonchev–Trinajstić information content (AvgIpc) is 2.33. The van der Waals surface area contributed by atoms with E-state index in [1.165, 1.54) is 17.0 Å². The quantitative estimate of drug-likeness (QED) is 0.824. The highest BCUT2D eigenvalue weighted by molar-refractivity contribution is 6.30. The van der Waals surface area contributed by atoms with Crippen LogP contribution in [-0.4, -0.2) is 35.2 Å². The summed E-state index contributed by atoms with van der Waals surface area (Å²) in [6.45, 7) is 0.750. The molecule has 1 fully saturated rings. The Morgan fingerprint density at radius 2 is 2.28 bits per heavy atom. The van der Waals surface area contributed by atoms with Gasteiger partial charge in [-0.2, -0.15) is 0 Å². The molecule has 0 aliphatic carbocycles. The number of amides is 1. The molecule has 2 rings (SSSR count). The molecule has 2 atom stereocenters. The summed E-state index contributed by atoms with van der Waals surface area (Å²) in [5, 5.41) is 9.02. The molecule has 1 aliphatic heterocycles. The van der Waals surface area contributed by atoms with E-state index in [0.717, 1.165) is 5.56 Å². The minimum absolute atomic E-state index is 0.0344. The van der Waals surface area contributed by atoms with Crippen LogP contribution in [0.5, 0.6) is 0 Å². The fourth-order valence-corrected chi connectivity index (χ4v) is 2.43. The summed E-state index contributed by atoms with van der Waals surface area (Å²) in [5.41, 5.74) is 6.78. The van der Waals surface area contributed by atoms with E-state index < -0.39 is 11.9 Å². The third-order valence-electron chi connectivity index (χ3n) is 3.31. The van der Waals surface area contributed by atoms with E-state index >= 15 is 0 Å². The van der Waals surface area contributed by atoms with Gasteiger partial charge in [0.05, 0.1) is 5.02 Å². The number of nitrogens with two attached hydrogens (primary N) is 1. The Bertz CT molecular complexity index is 469. The Labute approximate surface area is 109 Å². The normalized spacial score (nSPS) is 24.1. The molecule has 4 nitrogen and oxygen atoms in total. The molecule has 18 heavy (non-hydrogen) atoms. The fourth-order valence-electron chi connectivity index (χ4n) is 2.24. The van der Waals surface area contributed by atoms with Crippen LogP contribution in [0.2, 0.25) is 5.02 Å². The smallest absolute Gasteiger partial charge is 0.407 e. The summed E-state index contributed by atoms with van der Waals surface area (Å²) in [6.07, 6.45) is -0.369. The van der Waals surface area contributed by atoms with Crippen molar-refractivity contribution in [2.75, 3.05) is 13.1 Å². The predicted molar refractivity (Wildman–Crippen MR) is 66.3 cm³/mol. The third-order valence-corrected chi connectivity index (χ3v) is 3.60. The molecule has 0 bridgehead atoms. The van der Waals surface area contributed by atoms with Crippen LogP contribution in [0.15, 0.2) is 18.2 Å². The SMILES string of the molecule is N[C@@H]1CCN(C(=O)O)C[C@H]1c1ccc(F)c(Cl)c1. The number of benzene rings is 1. The van der Waals surface area contributed by atoms with E-state index in [2.05, 4.69) is 0 Å². The molecule has 0 aromatic heterocycles. The fraction of sp³-hybridized carbons (Fsp3) is 0.417. The zero-order valence-electron chi connectivity index (χ0n) is 9.64. The van der Waals surface area contributed by atoms with Crippen LogP contribution in [0.25, 0.3) is 0 Å².